The summed E-state index contributed by atoms with van der Waals surface area (Å²) >= 11 is 0. The first kappa shape index (κ1) is 14.3. The lowest BCUT2D eigenvalue weighted by molar-refractivity contribution is 0.123. The van der Waals surface area contributed by atoms with E-state index in [-0.39, 0.29) is 0 Å². The zero-order valence-electron chi connectivity index (χ0n) is 11.9. The summed E-state index contributed by atoms with van der Waals surface area (Å²) < 4.78 is 5.54. The Labute approximate surface area is 112 Å². The van der Waals surface area contributed by atoms with Crippen molar-refractivity contribution in [3.05, 3.63) is 0 Å². The molecule has 0 saturated carbocycles. The summed E-state index contributed by atoms with van der Waals surface area (Å²) in [5.41, 5.74) is 6.03. The van der Waals surface area contributed by atoms with Crippen molar-refractivity contribution < 1.29 is 4.74 Å². The third-order valence-corrected chi connectivity index (χ3v) is 4.80. The van der Waals surface area contributed by atoms with Crippen molar-refractivity contribution in [2.75, 3.05) is 32.8 Å². The van der Waals surface area contributed by atoms with Crippen LogP contribution in [0, 0.1) is 11.8 Å². The Balaban J connectivity index is 1.86. The highest BCUT2D eigenvalue weighted by Crippen LogP contribution is 2.26. The number of nitrogens with zero attached hydrogens (tertiary/aromatic N) is 1. The van der Waals surface area contributed by atoms with Gasteiger partial charge in [-0.1, -0.05) is 19.8 Å². The standard InChI is InChI=1S/C15H30N2O/c1-2-4-13-5-3-8-17(9-6-13)15(11-16)14-7-10-18-12-14/h13-15H,2-12,16H2,1H3. The van der Waals surface area contributed by atoms with Crippen LogP contribution >= 0.6 is 0 Å². The predicted octanol–water partition coefficient (Wildman–Crippen LogP) is 2.25. The van der Waals surface area contributed by atoms with Crippen LogP contribution in [0.25, 0.3) is 0 Å². The Bertz CT molecular complexity index is 229. The van der Waals surface area contributed by atoms with Gasteiger partial charge in [0.05, 0.1) is 6.61 Å². The van der Waals surface area contributed by atoms with Crippen LogP contribution in [0.5, 0.6) is 0 Å². The topological polar surface area (TPSA) is 38.5 Å². The molecular formula is C15H30N2O. The summed E-state index contributed by atoms with van der Waals surface area (Å²) in [6.45, 7) is 7.47. The van der Waals surface area contributed by atoms with E-state index in [1.807, 2.05) is 0 Å². The molecular weight excluding hydrogens is 224 g/mol. The van der Waals surface area contributed by atoms with E-state index in [9.17, 15) is 0 Å². The van der Waals surface area contributed by atoms with E-state index in [2.05, 4.69) is 11.8 Å². The highest BCUT2D eigenvalue weighted by atomic mass is 16.5. The molecule has 3 unspecified atom stereocenters. The number of hydrogen-bond donors (Lipinski definition) is 1. The summed E-state index contributed by atoms with van der Waals surface area (Å²) in [4.78, 5) is 2.66. The predicted molar refractivity (Wildman–Crippen MR) is 75.6 cm³/mol. The van der Waals surface area contributed by atoms with Gasteiger partial charge < -0.3 is 10.5 Å². The molecule has 2 N–H and O–H groups in total. The van der Waals surface area contributed by atoms with Crippen LogP contribution in [-0.2, 0) is 4.74 Å². The van der Waals surface area contributed by atoms with Gasteiger partial charge in [-0.25, -0.2) is 0 Å². The van der Waals surface area contributed by atoms with Crippen molar-refractivity contribution >= 4 is 0 Å². The van der Waals surface area contributed by atoms with Crippen LogP contribution in [0.3, 0.4) is 0 Å². The Kier molecular flexibility index (Phi) is 5.93. The van der Waals surface area contributed by atoms with Crippen LogP contribution < -0.4 is 5.73 Å². The van der Waals surface area contributed by atoms with Gasteiger partial charge in [-0.15, -0.1) is 0 Å². The molecule has 2 saturated heterocycles. The molecule has 18 heavy (non-hydrogen) atoms. The third-order valence-electron chi connectivity index (χ3n) is 4.80. The van der Waals surface area contributed by atoms with Gasteiger partial charge in [-0.2, -0.15) is 0 Å². The van der Waals surface area contributed by atoms with Gasteiger partial charge in [0.25, 0.3) is 0 Å². The van der Waals surface area contributed by atoms with Crippen LogP contribution in [0.15, 0.2) is 0 Å². The summed E-state index contributed by atoms with van der Waals surface area (Å²) in [5, 5.41) is 0. The fourth-order valence-electron chi connectivity index (χ4n) is 3.71. The minimum atomic E-state index is 0.563. The second-order valence-electron chi connectivity index (χ2n) is 6.05. The van der Waals surface area contributed by atoms with E-state index in [0.29, 0.717) is 12.0 Å². The van der Waals surface area contributed by atoms with E-state index in [0.717, 1.165) is 25.7 Å². The normalized spacial score (nSPS) is 32.3. The van der Waals surface area contributed by atoms with Crippen molar-refractivity contribution in [3.8, 4) is 0 Å². The van der Waals surface area contributed by atoms with Gasteiger partial charge in [0.1, 0.15) is 0 Å². The van der Waals surface area contributed by atoms with Gasteiger partial charge in [-0.3, -0.25) is 4.90 Å². The third kappa shape index (κ3) is 3.69. The lowest BCUT2D eigenvalue weighted by Crippen LogP contribution is -2.46. The Morgan fingerprint density at radius 3 is 2.83 bits per heavy atom. The fraction of sp³-hybridized carbons (Fsp3) is 1.00. The number of hydrogen-bond acceptors (Lipinski definition) is 3. The first-order chi connectivity index (χ1) is 8.85. The molecule has 2 fully saturated rings. The molecule has 0 aliphatic carbocycles. The van der Waals surface area contributed by atoms with Gasteiger partial charge in [-0.05, 0) is 44.7 Å². The summed E-state index contributed by atoms with van der Waals surface area (Å²) in [6, 6.07) is 0.563. The number of rotatable bonds is 5. The fourth-order valence-corrected chi connectivity index (χ4v) is 3.71. The first-order valence-electron chi connectivity index (χ1n) is 7.87. The van der Waals surface area contributed by atoms with Crippen LogP contribution in [0.4, 0.5) is 0 Å². The van der Waals surface area contributed by atoms with Crippen LogP contribution in [0.1, 0.15) is 45.4 Å². The molecule has 2 rings (SSSR count). The van der Waals surface area contributed by atoms with E-state index in [1.165, 1.54) is 51.6 Å². The monoisotopic (exact) mass is 254 g/mol. The van der Waals surface area contributed by atoms with Crippen LogP contribution in [0.2, 0.25) is 0 Å². The molecule has 0 spiro atoms. The van der Waals surface area contributed by atoms with Crippen molar-refractivity contribution in [1.29, 1.82) is 0 Å². The highest BCUT2D eigenvalue weighted by molar-refractivity contribution is 4.84. The van der Waals surface area contributed by atoms with E-state index in [1.54, 1.807) is 0 Å². The molecule has 0 radical (unpaired) electrons. The van der Waals surface area contributed by atoms with Gasteiger partial charge in [0, 0.05) is 25.1 Å². The molecule has 2 aliphatic heterocycles. The molecule has 3 nitrogen and oxygen atoms in total. The number of ether oxygens (including phenoxy) is 1. The molecule has 0 aromatic rings. The minimum absolute atomic E-state index is 0.563. The SMILES string of the molecule is CCCC1CCCN(C(CN)C2CCOC2)CC1. The molecule has 0 aromatic heterocycles. The Morgan fingerprint density at radius 2 is 2.17 bits per heavy atom. The average molecular weight is 254 g/mol. The molecule has 2 heterocycles. The first-order valence-corrected chi connectivity index (χ1v) is 7.87. The largest absolute Gasteiger partial charge is 0.381 e. The Hall–Kier alpha value is -0.120. The Morgan fingerprint density at radius 1 is 1.28 bits per heavy atom. The highest BCUT2D eigenvalue weighted by Gasteiger charge is 2.30. The lowest BCUT2D eigenvalue weighted by atomic mass is 9.95. The minimum Gasteiger partial charge on any atom is -0.381 e. The maximum absolute atomic E-state index is 6.03. The van der Waals surface area contributed by atoms with Gasteiger partial charge in [0.2, 0.25) is 0 Å². The van der Waals surface area contributed by atoms with Crippen molar-refractivity contribution in [3.63, 3.8) is 0 Å². The van der Waals surface area contributed by atoms with E-state index < -0.39 is 0 Å². The lowest BCUT2D eigenvalue weighted by Gasteiger charge is -2.33. The van der Waals surface area contributed by atoms with E-state index in [4.69, 9.17) is 10.5 Å². The quantitative estimate of drug-likeness (QED) is 0.818. The van der Waals surface area contributed by atoms with E-state index >= 15 is 0 Å². The van der Waals surface area contributed by atoms with Crippen molar-refractivity contribution in [2.24, 2.45) is 17.6 Å². The van der Waals surface area contributed by atoms with Crippen LogP contribution in [-0.4, -0.2) is 43.8 Å². The van der Waals surface area contributed by atoms with Crippen molar-refractivity contribution in [1.82, 2.24) is 4.90 Å². The zero-order chi connectivity index (χ0) is 12.8. The maximum atomic E-state index is 6.03. The second-order valence-corrected chi connectivity index (χ2v) is 6.05. The summed E-state index contributed by atoms with van der Waals surface area (Å²) in [7, 11) is 0. The smallest absolute Gasteiger partial charge is 0.0510 e. The second kappa shape index (κ2) is 7.46. The number of likely N-dealkylation sites (tertiary alicyclic amines) is 1. The average Bonchev–Trinajstić information content (AvgIpc) is 2.80. The molecule has 0 amide bonds. The molecule has 0 aromatic carbocycles. The zero-order valence-corrected chi connectivity index (χ0v) is 11.9. The molecule has 0 bridgehead atoms. The molecule has 3 atom stereocenters. The van der Waals surface area contributed by atoms with Crippen molar-refractivity contribution in [2.45, 2.75) is 51.5 Å². The molecule has 2 aliphatic rings. The molecule has 3 heteroatoms. The number of nitrogens with two attached hydrogens (primary N) is 1. The maximum Gasteiger partial charge on any atom is 0.0510 e. The van der Waals surface area contributed by atoms with Gasteiger partial charge >= 0.3 is 0 Å². The summed E-state index contributed by atoms with van der Waals surface area (Å²) in [5.74, 6) is 1.64. The van der Waals surface area contributed by atoms with Gasteiger partial charge in [0.15, 0.2) is 0 Å². The molecule has 106 valence electrons. The summed E-state index contributed by atoms with van der Waals surface area (Å²) in [6.07, 6.45) is 8.10.